The van der Waals surface area contributed by atoms with Gasteiger partial charge in [0.15, 0.2) is 17.5 Å². The first kappa shape index (κ1) is 23.6. The van der Waals surface area contributed by atoms with E-state index in [2.05, 4.69) is 35.9 Å². The van der Waals surface area contributed by atoms with Crippen LogP contribution in [0.1, 0.15) is 48.3 Å². The molecule has 1 fully saturated rings. The van der Waals surface area contributed by atoms with E-state index in [-0.39, 0.29) is 30.7 Å². The molecule has 1 saturated carbocycles. The Kier molecular flexibility index (Phi) is 6.00. The van der Waals surface area contributed by atoms with Gasteiger partial charge in [-0.05, 0) is 62.9 Å². The summed E-state index contributed by atoms with van der Waals surface area (Å²) >= 11 is 0. The number of rotatable bonds is 7. The van der Waals surface area contributed by atoms with Crippen molar-refractivity contribution in [2.45, 2.75) is 45.3 Å². The van der Waals surface area contributed by atoms with Crippen molar-refractivity contribution in [3.05, 3.63) is 77.3 Å². The number of anilines is 2. The second-order valence-electron chi connectivity index (χ2n) is 9.40. The molecule has 4 aromatic heterocycles. The van der Waals surface area contributed by atoms with Crippen LogP contribution in [-0.2, 0) is 10.4 Å². The van der Waals surface area contributed by atoms with Crippen LogP contribution < -0.4 is 10.6 Å². The van der Waals surface area contributed by atoms with E-state index in [0.29, 0.717) is 23.1 Å². The second kappa shape index (κ2) is 9.15. The summed E-state index contributed by atoms with van der Waals surface area (Å²) in [5.41, 5.74) is 2.03. The lowest BCUT2D eigenvalue weighted by molar-refractivity contribution is -0.144. The van der Waals surface area contributed by atoms with Gasteiger partial charge in [-0.15, -0.1) is 0 Å². The molecule has 5 rings (SSSR count). The first-order chi connectivity index (χ1) is 17.2. The van der Waals surface area contributed by atoms with Gasteiger partial charge in [0.2, 0.25) is 5.91 Å². The molecule has 1 aliphatic carbocycles. The number of aromatic nitrogens is 6. The number of aliphatic hydroxyl groups is 1. The third-order valence-electron chi connectivity index (χ3n) is 6.36. The van der Waals surface area contributed by atoms with Crippen molar-refractivity contribution in [1.82, 2.24) is 35.3 Å². The number of hydrogen-bond donors (Lipinski definition) is 4. The van der Waals surface area contributed by atoms with Gasteiger partial charge in [0, 0.05) is 23.9 Å². The van der Waals surface area contributed by atoms with Crippen molar-refractivity contribution in [1.29, 1.82) is 0 Å². The van der Waals surface area contributed by atoms with Gasteiger partial charge in [0.1, 0.15) is 11.4 Å². The minimum absolute atomic E-state index is 0.136. The Bertz CT molecular complexity index is 1390. The minimum atomic E-state index is -1.17. The zero-order valence-corrected chi connectivity index (χ0v) is 20.2. The molecule has 10 nitrogen and oxygen atoms in total. The Morgan fingerprint density at radius 2 is 2.03 bits per heavy atom. The molecule has 0 bridgehead atoms. The first-order valence-corrected chi connectivity index (χ1v) is 11.7. The van der Waals surface area contributed by atoms with E-state index in [4.69, 9.17) is 0 Å². The molecule has 186 valence electrons. The van der Waals surface area contributed by atoms with Crippen LogP contribution in [0, 0.1) is 25.6 Å². The molecule has 0 aromatic carbocycles. The van der Waals surface area contributed by atoms with Crippen LogP contribution in [-0.4, -0.2) is 41.0 Å². The Hall–Kier alpha value is -4.12. The summed E-state index contributed by atoms with van der Waals surface area (Å²) in [6, 6.07) is 8.83. The van der Waals surface area contributed by atoms with Crippen molar-refractivity contribution >= 4 is 17.5 Å². The summed E-state index contributed by atoms with van der Waals surface area (Å²) in [5.74, 6) is 0.797. The highest BCUT2D eigenvalue weighted by molar-refractivity contribution is 5.80. The third-order valence-corrected chi connectivity index (χ3v) is 6.36. The summed E-state index contributed by atoms with van der Waals surface area (Å²) in [6.07, 6.45) is 4.55. The standard InChI is InChI=1S/C25H27FN8O2/c1-14-6-20(30-21(7-14)31-22-8-15(2)32-33-22)25(36)9-18(10-25)24(35)29-16(3)17-4-5-23(27-11-17)34-13-19(26)12-28-34/h4-8,11-13,16,18,36H,9-10H2,1-3H3,(H,29,35)(H2,30,31,32,33)/t16-,18-,25+/m0/s1. The first-order valence-electron chi connectivity index (χ1n) is 11.7. The van der Waals surface area contributed by atoms with Crippen LogP contribution in [0.5, 0.6) is 0 Å². The average molecular weight is 491 g/mol. The molecule has 4 N–H and O–H groups in total. The van der Waals surface area contributed by atoms with Gasteiger partial charge in [0.25, 0.3) is 0 Å². The van der Waals surface area contributed by atoms with Crippen LogP contribution in [0.2, 0.25) is 0 Å². The number of pyridine rings is 2. The number of carbonyl (C=O) groups excluding carboxylic acids is 1. The minimum Gasteiger partial charge on any atom is -0.384 e. The number of nitrogens with zero attached hydrogens (tertiary/aromatic N) is 5. The van der Waals surface area contributed by atoms with Crippen molar-refractivity contribution in [2.24, 2.45) is 5.92 Å². The van der Waals surface area contributed by atoms with Crippen LogP contribution in [0.4, 0.5) is 16.0 Å². The Morgan fingerprint density at radius 1 is 1.22 bits per heavy atom. The summed E-state index contributed by atoms with van der Waals surface area (Å²) in [4.78, 5) is 21.7. The molecule has 1 aliphatic rings. The molecule has 4 heterocycles. The predicted molar refractivity (Wildman–Crippen MR) is 130 cm³/mol. The van der Waals surface area contributed by atoms with Gasteiger partial charge in [-0.3, -0.25) is 9.89 Å². The van der Waals surface area contributed by atoms with E-state index < -0.39 is 11.4 Å². The molecule has 1 amide bonds. The lowest BCUT2D eigenvalue weighted by Gasteiger charge is -2.42. The summed E-state index contributed by atoms with van der Waals surface area (Å²) in [5, 5.41) is 28.2. The number of H-pyrrole nitrogens is 1. The number of aryl methyl sites for hydroxylation is 2. The van der Waals surface area contributed by atoms with Gasteiger partial charge >= 0.3 is 0 Å². The van der Waals surface area contributed by atoms with Crippen LogP contribution >= 0.6 is 0 Å². The van der Waals surface area contributed by atoms with Crippen molar-refractivity contribution in [3.63, 3.8) is 0 Å². The van der Waals surface area contributed by atoms with Crippen LogP contribution in [0.3, 0.4) is 0 Å². The van der Waals surface area contributed by atoms with Crippen molar-refractivity contribution in [2.75, 3.05) is 5.32 Å². The summed E-state index contributed by atoms with van der Waals surface area (Å²) < 4.78 is 14.5. The maximum absolute atomic E-state index is 13.2. The fraction of sp³-hybridized carbons (Fsp3) is 0.320. The fourth-order valence-corrected chi connectivity index (χ4v) is 4.36. The molecule has 0 radical (unpaired) electrons. The van der Waals surface area contributed by atoms with Gasteiger partial charge in [-0.1, -0.05) is 6.07 Å². The monoisotopic (exact) mass is 490 g/mol. The largest absolute Gasteiger partial charge is 0.384 e. The summed E-state index contributed by atoms with van der Waals surface area (Å²) in [6.45, 7) is 5.71. The molecule has 11 heteroatoms. The van der Waals surface area contributed by atoms with Crippen LogP contribution in [0.25, 0.3) is 5.82 Å². The van der Waals surface area contributed by atoms with Crippen molar-refractivity contribution < 1.29 is 14.3 Å². The Balaban J connectivity index is 1.20. The van der Waals surface area contributed by atoms with E-state index in [0.717, 1.165) is 23.0 Å². The van der Waals surface area contributed by atoms with Crippen molar-refractivity contribution in [3.8, 4) is 5.82 Å². The molecule has 36 heavy (non-hydrogen) atoms. The molecule has 0 saturated heterocycles. The molecule has 0 spiro atoms. The number of halogens is 1. The molecular weight excluding hydrogens is 463 g/mol. The maximum atomic E-state index is 13.2. The number of amides is 1. The van der Waals surface area contributed by atoms with E-state index in [1.807, 2.05) is 45.0 Å². The molecule has 1 atom stereocenters. The van der Waals surface area contributed by atoms with Gasteiger partial charge < -0.3 is 15.7 Å². The third kappa shape index (κ3) is 4.82. The quantitative estimate of drug-likeness (QED) is 0.312. The highest BCUT2D eigenvalue weighted by atomic mass is 19.1. The maximum Gasteiger partial charge on any atom is 0.223 e. The van der Waals surface area contributed by atoms with E-state index in [9.17, 15) is 14.3 Å². The van der Waals surface area contributed by atoms with Gasteiger partial charge in [0.05, 0.1) is 24.1 Å². The molecule has 0 unspecified atom stereocenters. The zero-order valence-electron chi connectivity index (χ0n) is 20.2. The van der Waals surface area contributed by atoms with Crippen LogP contribution in [0.15, 0.2) is 48.9 Å². The van der Waals surface area contributed by atoms with E-state index >= 15 is 0 Å². The number of carbonyl (C=O) groups is 1. The summed E-state index contributed by atoms with van der Waals surface area (Å²) in [7, 11) is 0. The SMILES string of the molecule is Cc1cc(Nc2cc(C)[nH]n2)nc([C@]2(O)C[C@@H](C(=O)N[C@@H](C)c3ccc(-n4cc(F)cn4)nc3)C2)c1. The highest BCUT2D eigenvalue weighted by Crippen LogP contribution is 2.45. The Morgan fingerprint density at radius 3 is 2.67 bits per heavy atom. The fourth-order valence-electron chi connectivity index (χ4n) is 4.36. The molecule has 4 aromatic rings. The Labute approximate surface area is 207 Å². The van der Waals surface area contributed by atoms with E-state index in [1.165, 1.54) is 10.9 Å². The topological polar surface area (TPSA) is 134 Å². The highest BCUT2D eigenvalue weighted by Gasteiger charge is 2.48. The predicted octanol–water partition coefficient (Wildman–Crippen LogP) is 3.36. The van der Waals surface area contributed by atoms with Gasteiger partial charge in [-0.2, -0.15) is 10.2 Å². The average Bonchev–Trinajstić information content (AvgIpc) is 3.44. The molecular formula is C25H27FN8O2. The lowest BCUT2D eigenvalue weighted by atomic mass is 9.68. The smallest absolute Gasteiger partial charge is 0.223 e. The van der Waals surface area contributed by atoms with E-state index in [1.54, 1.807) is 12.3 Å². The second-order valence-corrected chi connectivity index (χ2v) is 9.40. The zero-order chi connectivity index (χ0) is 25.4. The van der Waals surface area contributed by atoms with Gasteiger partial charge in [-0.25, -0.2) is 19.0 Å². The lowest BCUT2D eigenvalue weighted by Crippen LogP contribution is -2.49. The number of aromatic amines is 1. The molecule has 0 aliphatic heterocycles. The normalized spacial score (nSPS) is 20.0. The number of nitrogens with one attached hydrogen (secondary N) is 3. The number of hydrogen-bond acceptors (Lipinski definition) is 7.